The molecule has 0 bridgehead atoms. The van der Waals surface area contributed by atoms with E-state index in [0.717, 1.165) is 19.3 Å². The lowest BCUT2D eigenvalue weighted by molar-refractivity contribution is 0.276. The normalized spacial score (nSPS) is 26.5. The number of hydrogen-bond acceptors (Lipinski definition) is 3. The Morgan fingerprint density at radius 1 is 1.31 bits per heavy atom. The van der Waals surface area contributed by atoms with Gasteiger partial charge < -0.3 is 5.73 Å². The molecule has 1 aliphatic carbocycles. The summed E-state index contributed by atoms with van der Waals surface area (Å²) in [6, 6.07) is 0.145. The molecule has 0 aliphatic heterocycles. The van der Waals surface area contributed by atoms with Gasteiger partial charge in [-0.2, -0.15) is 4.31 Å². The van der Waals surface area contributed by atoms with Crippen LogP contribution in [0.15, 0.2) is 0 Å². The van der Waals surface area contributed by atoms with Crippen LogP contribution in [0.1, 0.15) is 39.5 Å². The second-order valence-electron chi connectivity index (χ2n) is 4.51. The third kappa shape index (κ3) is 2.96. The van der Waals surface area contributed by atoms with Gasteiger partial charge in [0.15, 0.2) is 0 Å². The van der Waals surface area contributed by atoms with Gasteiger partial charge >= 0.3 is 0 Å². The standard InChI is InChI=1S/C11H24N2O2S/c1-3-8-16(14,15)13(4-2)11-7-5-6-10(11)9-12/h10-11H,3-9,12H2,1-2H3. The highest BCUT2D eigenvalue weighted by Crippen LogP contribution is 2.30. The first-order valence-corrected chi connectivity index (χ1v) is 7.87. The zero-order valence-corrected chi connectivity index (χ0v) is 11.2. The molecule has 0 aromatic heterocycles. The molecule has 16 heavy (non-hydrogen) atoms. The minimum atomic E-state index is -3.07. The Balaban J connectivity index is 2.81. The third-order valence-corrected chi connectivity index (χ3v) is 5.59. The van der Waals surface area contributed by atoms with Crippen LogP contribution >= 0.6 is 0 Å². The number of sulfonamides is 1. The predicted molar refractivity (Wildman–Crippen MR) is 66.6 cm³/mol. The van der Waals surface area contributed by atoms with Gasteiger partial charge in [0, 0.05) is 12.6 Å². The monoisotopic (exact) mass is 248 g/mol. The SMILES string of the molecule is CCCS(=O)(=O)N(CC)C1CCCC1CN. The maximum absolute atomic E-state index is 12.1. The molecule has 1 rings (SSSR count). The van der Waals surface area contributed by atoms with Gasteiger partial charge in [0.2, 0.25) is 10.0 Å². The van der Waals surface area contributed by atoms with Gasteiger partial charge in [0.1, 0.15) is 0 Å². The lowest BCUT2D eigenvalue weighted by Gasteiger charge is -2.30. The Morgan fingerprint density at radius 3 is 2.50 bits per heavy atom. The van der Waals surface area contributed by atoms with E-state index >= 15 is 0 Å². The summed E-state index contributed by atoms with van der Waals surface area (Å²) in [6.45, 7) is 4.99. The van der Waals surface area contributed by atoms with Crippen LogP contribution in [0.25, 0.3) is 0 Å². The second kappa shape index (κ2) is 5.98. The van der Waals surface area contributed by atoms with Crippen molar-refractivity contribution < 1.29 is 8.42 Å². The minimum absolute atomic E-state index is 0.145. The summed E-state index contributed by atoms with van der Waals surface area (Å²) in [6.07, 6.45) is 3.82. The van der Waals surface area contributed by atoms with Crippen molar-refractivity contribution in [3.63, 3.8) is 0 Å². The van der Waals surface area contributed by atoms with Gasteiger partial charge in [-0.3, -0.25) is 0 Å². The van der Waals surface area contributed by atoms with Gasteiger partial charge in [-0.05, 0) is 31.7 Å². The van der Waals surface area contributed by atoms with Crippen molar-refractivity contribution in [2.45, 2.75) is 45.6 Å². The fourth-order valence-corrected chi connectivity index (χ4v) is 4.52. The molecule has 2 atom stereocenters. The molecule has 0 heterocycles. The Labute approximate surface area is 99.2 Å². The van der Waals surface area contributed by atoms with Crippen molar-refractivity contribution in [2.24, 2.45) is 11.7 Å². The molecule has 0 radical (unpaired) electrons. The first-order valence-electron chi connectivity index (χ1n) is 6.26. The number of nitrogens with zero attached hydrogens (tertiary/aromatic N) is 1. The Hall–Kier alpha value is -0.130. The van der Waals surface area contributed by atoms with Crippen LogP contribution < -0.4 is 5.73 Å². The second-order valence-corrected chi connectivity index (χ2v) is 6.55. The highest BCUT2D eigenvalue weighted by atomic mass is 32.2. The van der Waals surface area contributed by atoms with E-state index in [1.807, 2.05) is 13.8 Å². The molecule has 0 aromatic rings. The third-order valence-electron chi connectivity index (χ3n) is 3.42. The van der Waals surface area contributed by atoms with Crippen molar-refractivity contribution in [1.29, 1.82) is 0 Å². The first kappa shape index (κ1) is 13.9. The van der Waals surface area contributed by atoms with E-state index in [0.29, 0.717) is 25.4 Å². The number of nitrogens with two attached hydrogens (primary N) is 1. The molecule has 2 unspecified atom stereocenters. The Bertz CT molecular complexity index is 303. The molecule has 96 valence electrons. The lowest BCUT2D eigenvalue weighted by atomic mass is 10.0. The largest absolute Gasteiger partial charge is 0.330 e. The maximum Gasteiger partial charge on any atom is 0.214 e. The van der Waals surface area contributed by atoms with Crippen LogP contribution in [0.2, 0.25) is 0 Å². The van der Waals surface area contributed by atoms with Gasteiger partial charge in [-0.25, -0.2) is 8.42 Å². The van der Waals surface area contributed by atoms with E-state index in [1.165, 1.54) is 0 Å². The van der Waals surface area contributed by atoms with E-state index in [1.54, 1.807) is 4.31 Å². The summed E-state index contributed by atoms with van der Waals surface area (Å²) in [5.74, 6) is 0.612. The minimum Gasteiger partial charge on any atom is -0.330 e. The van der Waals surface area contributed by atoms with Crippen LogP contribution in [-0.2, 0) is 10.0 Å². The summed E-state index contributed by atoms with van der Waals surface area (Å²) in [5, 5.41) is 0. The Kier molecular flexibility index (Phi) is 5.21. The van der Waals surface area contributed by atoms with Crippen LogP contribution in [0.3, 0.4) is 0 Å². The topological polar surface area (TPSA) is 63.4 Å². The van der Waals surface area contributed by atoms with E-state index in [4.69, 9.17) is 5.73 Å². The predicted octanol–water partition coefficient (Wildman–Crippen LogP) is 1.18. The molecule has 0 aromatic carbocycles. The smallest absolute Gasteiger partial charge is 0.214 e. The highest BCUT2D eigenvalue weighted by Gasteiger charge is 2.36. The van der Waals surface area contributed by atoms with Crippen LogP contribution in [0, 0.1) is 5.92 Å². The molecule has 4 nitrogen and oxygen atoms in total. The summed E-state index contributed by atoms with van der Waals surface area (Å²) in [4.78, 5) is 0. The fourth-order valence-electron chi connectivity index (χ4n) is 2.68. The van der Waals surface area contributed by atoms with Crippen LogP contribution in [0.4, 0.5) is 0 Å². The molecule has 1 fully saturated rings. The lowest BCUT2D eigenvalue weighted by Crippen LogP contribution is -2.44. The maximum atomic E-state index is 12.1. The highest BCUT2D eigenvalue weighted by molar-refractivity contribution is 7.89. The zero-order valence-electron chi connectivity index (χ0n) is 10.4. The summed E-state index contributed by atoms with van der Waals surface area (Å²) < 4.78 is 25.9. The summed E-state index contributed by atoms with van der Waals surface area (Å²) in [7, 11) is -3.07. The molecule has 0 amide bonds. The van der Waals surface area contributed by atoms with Crippen molar-refractivity contribution in [2.75, 3.05) is 18.8 Å². The van der Waals surface area contributed by atoms with Gasteiger partial charge in [0.25, 0.3) is 0 Å². The van der Waals surface area contributed by atoms with E-state index < -0.39 is 10.0 Å². The van der Waals surface area contributed by atoms with Crippen molar-refractivity contribution >= 4 is 10.0 Å². The number of rotatable bonds is 6. The summed E-state index contributed by atoms with van der Waals surface area (Å²) >= 11 is 0. The molecule has 2 N–H and O–H groups in total. The van der Waals surface area contributed by atoms with Crippen LogP contribution in [0.5, 0.6) is 0 Å². The molecular weight excluding hydrogens is 224 g/mol. The zero-order chi connectivity index (χ0) is 12.2. The number of hydrogen-bond donors (Lipinski definition) is 1. The first-order chi connectivity index (χ1) is 7.56. The van der Waals surface area contributed by atoms with Gasteiger partial charge in [0.05, 0.1) is 5.75 Å². The van der Waals surface area contributed by atoms with E-state index in [9.17, 15) is 8.42 Å². The molecular formula is C11H24N2O2S. The fraction of sp³-hybridized carbons (Fsp3) is 1.00. The van der Waals surface area contributed by atoms with Crippen LogP contribution in [-0.4, -0.2) is 37.6 Å². The molecule has 0 saturated heterocycles. The molecule has 0 spiro atoms. The average molecular weight is 248 g/mol. The van der Waals surface area contributed by atoms with Gasteiger partial charge in [-0.1, -0.05) is 20.3 Å². The quantitative estimate of drug-likeness (QED) is 0.767. The van der Waals surface area contributed by atoms with E-state index in [-0.39, 0.29) is 11.8 Å². The van der Waals surface area contributed by atoms with Crippen molar-refractivity contribution in [3.8, 4) is 0 Å². The molecule has 1 aliphatic rings. The van der Waals surface area contributed by atoms with Crippen molar-refractivity contribution in [1.82, 2.24) is 4.31 Å². The molecule has 5 heteroatoms. The molecule has 1 saturated carbocycles. The average Bonchev–Trinajstić information content (AvgIpc) is 2.66. The van der Waals surface area contributed by atoms with Gasteiger partial charge in [-0.15, -0.1) is 0 Å². The van der Waals surface area contributed by atoms with Crippen molar-refractivity contribution in [3.05, 3.63) is 0 Å². The summed E-state index contributed by atoms with van der Waals surface area (Å²) in [5.41, 5.74) is 5.71. The Morgan fingerprint density at radius 2 is 2.00 bits per heavy atom. The van der Waals surface area contributed by atoms with E-state index in [2.05, 4.69) is 0 Å².